The monoisotopic (exact) mass is 318 g/mol. The van der Waals surface area contributed by atoms with Gasteiger partial charge < -0.3 is 14.1 Å². The van der Waals surface area contributed by atoms with Crippen LogP contribution in [0, 0.1) is 0 Å². The number of carbonyl (C=O) groups is 2. The fourth-order valence-corrected chi connectivity index (χ4v) is 2.72. The van der Waals surface area contributed by atoms with Crippen molar-refractivity contribution in [2.45, 2.75) is 25.8 Å². The molecular formula is C16H18N2O5. The van der Waals surface area contributed by atoms with E-state index in [9.17, 15) is 14.4 Å². The van der Waals surface area contributed by atoms with Crippen LogP contribution in [0.5, 0.6) is 0 Å². The van der Waals surface area contributed by atoms with Gasteiger partial charge in [-0.25, -0.2) is 4.79 Å². The lowest BCUT2D eigenvalue weighted by Crippen LogP contribution is -2.38. The van der Waals surface area contributed by atoms with Crippen LogP contribution in [0.4, 0.5) is 0 Å². The van der Waals surface area contributed by atoms with Crippen molar-refractivity contribution in [3.05, 3.63) is 34.8 Å². The molecule has 7 heteroatoms. The molecule has 2 heterocycles. The Bertz CT molecular complexity index is 770. The molecule has 1 aliphatic heterocycles. The molecule has 0 unspecified atom stereocenters. The van der Waals surface area contributed by atoms with E-state index in [4.69, 9.17) is 9.15 Å². The highest BCUT2D eigenvalue weighted by Crippen LogP contribution is 2.12. The first kappa shape index (κ1) is 15.3. The van der Waals surface area contributed by atoms with E-state index in [0.29, 0.717) is 24.2 Å². The number of fused-ring (bicyclic) bond motifs is 1. The summed E-state index contributed by atoms with van der Waals surface area (Å²) in [5.41, 5.74) is 0.937. The quantitative estimate of drug-likeness (QED) is 0.790. The average molecular weight is 318 g/mol. The Morgan fingerprint density at radius 2 is 1.87 bits per heavy atom. The third-order valence-electron chi connectivity index (χ3n) is 3.93. The van der Waals surface area contributed by atoms with Gasteiger partial charge >= 0.3 is 11.7 Å². The van der Waals surface area contributed by atoms with Crippen LogP contribution < -0.4 is 5.76 Å². The number of esters is 1. The van der Waals surface area contributed by atoms with Crippen LogP contribution in [0.2, 0.25) is 0 Å². The fourth-order valence-electron chi connectivity index (χ4n) is 2.72. The Kier molecular flexibility index (Phi) is 4.45. The van der Waals surface area contributed by atoms with Crippen molar-refractivity contribution in [1.82, 2.24) is 9.47 Å². The van der Waals surface area contributed by atoms with Crippen LogP contribution in [-0.2, 0) is 20.9 Å². The zero-order valence-corrected chi connectivity index (χ0v) is 12.7. The summed E-state index contributed by atoms with van der Waals surface area (Å²) in [5.74, 6) is -1.45. The van der Waals surface area contributed by atoms with Gasteiger partial charge in [-0.3, -0.25) is 14.2 Å². The summed E-state index contributed by atoms with van der Waals surface area (Å²) in [5, 5.41) is 0. The number of aromatic nitrogens is 1. The predicted molar refractivity (Wildman–Crippen MR) is 81.9 cm³/mol. The lowest BCUT2D eigenvalue weighted by atomic mass is 10.1. The number of carbonyl (C=O) groups excluding carboxylic acids is 2. The van der Waals surface area contributed by atoms with E-state index < -0.39 is 11.7 Å². The number of para-hydroxylation sites is 2. The summed E-state index contributed by atoms with van der Waals surface area (Å²) in [4.78, 5) is 37.3. The largest absolute Gasteiger partial charge is 0.454 e. The van der Waals surface area contributed by atoms with Gasteiger partial charge in [-0.15, -0.1) is 0 Å². The zero-order valence-electron chi connectivity index (χ0n) is 12.7. The summed E-state index contributed by atoms with van der Waals surface area (Å²) in [6.45, 7) is 0.858. The van der Waals surface area contributed by atoms with E-state index in [-0.39, 0.29) is 19.1 Å². The van der Waals surface area contributed by atoms with Crippen molar-refractivity contribution >= 4 is 23.0 Å². The molecule has 0 atom stereocenters. The van der Waals surface area contributed by atoms with Crippen molar-refractivity contribution in [3.63, 3.8) is 0 Å². The van der Waals surface area contributed by atoms with E-state index in [1.165, 1.54) is 4.57 Å². The fraction of sp³-hybridized carbons (Fsp3) is 0.438. The molecule has 1 saturated heterocycles. The molecule has 1 aromatic heterocycles. The van der Waals surface area contributed by atoms with Crippen molar-refractivity contribution in [2.24, 2.45) is 0 Å². The van der Waals surface area contributed by atoms with E-state index in [1.54, 1.807) is 29.2 Å². The van der Waals surface area contributed by atoms with Gasteiger partial charge in [0, 0.05) is 13.1 Å². The molecule has 1 aromatic carbocycles. The topological polar surface area (TPSA) is 81.7 Å². The molecule has 7 nitrogen and oxygen atoms in total. The summed E-state index contributed by atoms with van der Waals surface area (Å²) in [7, 11) is 0. The lowest BCUT2D eigenvalue weighted by Gasteiger charge is -2.26. The van der Waals surface area contributed by atoms with Crippen LogP contribution in [0.3, 0.4) is 0 Å². The van der Waals surface area contributed by atoms with Crippen LogP contribution in [0.15, 0.2) is 33.5 Å². The van der Waals surface area contributed by atoms with Crippen LogP contribution in [-0.4, -0.2) is 41.0 Å². The second-order valence-electron chi connectivity index (χ2n) is 5.52. The van der Waals surface area contributed by atoms with Gasteiger partial charge in [0.25, 0.3) is 5.91 Å². The van der Waals surface area contributed by atoms with Gasteiger partial charge in [-0.2, -0.15) is 0 Å². The predicted octanol–water partition coefficient (Wildman–Crippen LogP) is 1.15. The molecule has 23 heavy (non-hydrogen) atoms. The van der Waals surface area contributed by atoms with Crippen molar-refractivity contribution in [1.29, 1.82) is 0 Å². The highest BCUT2D eigenvalue weighted by Gasteiger charge is 2.19. The van der Waals surface area contributed by atoms with Gasteiger partial charge in [0.1, 0.15) is 6.54 Å². The molecule has 0 saturated carbocycles. The van der Waals surface area contributed by atoms with Crippen molar-refractivity contribution in [3.8, 4) is 0 Å². The minimum absolute atomic E-state index is 0.192. The first-order chi connectivity index (χ1) is 11.1. The minimum Gasteiger partial charge on any atom is -0.454 e. The Morgan fingerprint density at radius 1 is 1.13 bits per heavy atom. The van der Waals surface area contributed by atoms with Gasteiger partial charge in [-0.1, -0.05) is 12.1 Å². The number of nitrogens with zero attached hydrogens (tertiary/aromatic N) is 2. The second kappa shape index (κ2) is 6.68. The van der Waals surface area contributed by atoms with Gasteiger partial charge in [-0.05, 0) is 31.4 Å². The van der Waals surface area contributed by atoms with E-state index in [2.05, 4.69) is 0 Å². The Morgan fingerprint density at radius 3 is 2.65 bits per heavy atom. The van der Waals surface area contributed by atoms with Crippen molar-refractivity contribution < 1.29 is 18.7 Å². The van der Waals surface area contributed by atoms with Crippen LogP contribution in [0.25, 0.3) is 11.1 Å². The number of rotatable bonds is 4. The molecule has 0 bridgehead atoms. The number of amides is 1. The highest BCUT2D eigenvalue weighted by molar-refractivity contribution is 5.81. The average Bonchev–Trinajstić information content (AvgIpc) is 2.89. The number of hydrogen-bond donors (Lipinski definition) is 0. The van der Waals surface area contributed by atoms with Gasteiger partial charge in [0.15, 0.2) is 12.2 Å². The van der Waals surface area contributed by atoms with E-state index in [1.807, 2.05) is 0 Å². The molecule has 0 radical (unpaired) electrons. The third-order valence-corrected chi connectivity index (χ3v) is 3.93. The number of ether oxygens (including phenoxy) is 1. The number of oxazole rings is 1. The van der Waals surface area contributed by atoms with Gasteiger partial charge in [0.05, 0.1) is 5.52 Å². The maximum atomic E-state index is 11.9. The van der Waals surface area contributed by atoms with E-state index in [0.717, 1.165) is 19.3 Å². The normalized spacial score (nSPS) is 14.9. The number of likely N-dealkylation sites (tertiary alicyclic amines) is 1. The lowest BCUT2D eigenvalue weighted by molar-refractivity contribution is -0.152. The highest BCUT2D eigenvalue weighted by atomic mass is 16.5. The summed E-state index contributed by atoms with van der Waals surface area (Å²) in [6.07, 6.45) is 3.09. The molecule has 1 aliphatic rings. The molecule has 0 aliphatic carbocycles. The Balaban J connectivity index is 1.59. The van der Waals surface area contributed by atoms with Crippen LogP contribution >= 0.6 is 0 Å². The maximum absolute atomic E-state index is 11.9. The van der Waals surface area contributed by atoms with Gasteiger partial charge in [0.2, 0.25) is 0 Å². The molecular weight excluding hydrogens is 300 g/mol. The molecule has 3 rings (SSSR count). The Labute approximate surface area is 132 Å². The molecule has 1 amide bonds. The number of piperidine rings is 1. The van der Waals surface area contributed by atoms with E-state index >= 15 is 0 Å². The second-order valence-corrected chi connectivity index (χ2v) is 5.52. The summed E-state index contributed by atoms with van der Waals surface area (Å²) < 4.78 is 11.2. The first-order valence-corrected chi connectivity index (χ1v) is 7.67. The number of benzene rings is 1. The Hall–Kier alpha value is -2.57. The summed E-state index contributed by atoms with van der Waals surface area (Å²) >= 11 is 0. The zero-order chi connectivity index (χ0) is 16.2. The summed E-state index contributed by atoms with van der Waals surface area (Å²) in [6, 6.07) is 6.83. The number of hydrogen-bond acceptors (Lipinski definition) is 5. The molecule has 2 aromatic rings. The van der Waals surface area contributed by atoms with Crippen molar-refractivity contribution in [2.75, 3.05) is 19.7 Å². The molecule has 0 spiro atoms. The molecule has 1 fully saturated rings. The first-order valence-electron chi connectivity index (χ1n) is 7.67. The van der Waals surface area contributed by atoms with Crippen LogP contribution in [0.1, 0.15) is 19.3 Å². The molecule has 122 valence electrons. The standard InChI is InChI=1S/C16H18N2O5/c19-14(17-8-4-1-5-9-17)11-22-15(20)10-18-12-6-2-3-7-13(12)23-16(18)21/h2-3,6-7H,1,4-5,8-11H2. The smallest absolute Gasteiger partial charge is 0.420 e. The maximum Gasteiger partial charge on any atom is 0.420 e. The minimum atomic E-state index is -0.635. The SMILES string of the molecule is O=C(Cn1c(=O)oc2ccccc21)OCC(=O)N1CCCCC1. The third kappa shape index (κ3) is 3.44. The molecule has 0 N–H and O–H groups in total.